The topological polar surface area (TPSA) is 72.8 Å². The summed E-state index contributed by atoms with van der Waals surface area (Å²) in [5, 5.41) is 4.46. The molecule has 0 spiro atoms. The zero-order valence-electron chi connectivity index (χ0n) is 20.1. The molecule has 0 aliphatic carbocycles. The van der Waals surface area contributed by atoms with Crippen molar-refractivity contribution in [2.24, 2.45) is 0 Å². The van der Waals surface area contributed by atoms with Gasteiger partial charge in [0.15, 0.2) is 15.8 Å². The highest BCUT2D eigenvalue weighted by Crippen LogP contribution is 2.38. The van der Waals surface area contributed by atoms with Crippen LogP contribution in [-0.2, 0) is 16.1 Å². The van der Waals surface area contributed by atoms with Crippen molar-refractivity contribution in [2.75, 3.05) is 17.0 Å². The average molecular weight is 562 g/mol. The number of halogens is 1. The number of hydrogen-bond acceptors (Lipinski definition) is 6. The lowest BCUT2D eigenvalue weighted by Gasteiger charge is -2.14. The van der Waals surface area contributed by atoms with Crippen LogP contribution in [0.2, 0.25) is 5.02 Å². The molecule has 2 aliphatic rings. The Morgan fingerprint density at radius 2 is 1.87 bits per heavy atom. The van der Waals surface area contributed by atoms with Crippen molar-refractivity contribution in [1.82, 2.24) is 4.57 Å². The molecular formula is C28H20ClN3O4S2. The van der Waals surface area contributed by atoms with Gasteiger partial charge >= 0.3 is 0 Å². The zero-order valence-corrected chi connectivity index (χ0v) is 22.5. The molecule has 6 rings (SSSR count). The summed E-state index contributed by atoms with van der Waals surface area (Å²) in [6.45, 7) is 2.21. The van der Waals surface area contributed by atoms with E-state index >= 15 is 0 Å². The number of aromatic nitrogens is 1. The highest BCUT2D eigenvalue weighted by Gasteiger charge is 2.33. The number of ether oxygens (including phenoxy) is 2. The quantitative estimate of drug-likeness (QED) is 0.225. The van der Waals surface area contributed by atoms with Crippen molar-refractivity contribution < 1.29 is 19.1 Å². The molecule has 0 bridgehead atoms. The number of fused-ring (bicyclic) bond motifs is 2. The lowest BCUT2D eigenvalue weighted by Crippen LogP contribution is -2.27. The van der Waals surface area contributed by atoms with Gasteiger partial charge in [-0.2, -0.15) is 0 Å². The molecule has 0 atom stereocenters. The molecule has 1 N–H and O–H groups in total. The molecule has 0 radical (unpaired) electrons. The molecule has 4 aromatic rings. The summed E-state index contributed by atoms with van der Waals surface area (Å²) < 4.78 is 13.1. The normalized spacial score (nSPS) is 15.6. The van der Waals surface area contributed by atoms with E-state index in [4.69, 9.17) is 33.3 Å². The summed E-state index contributed by atoms with van der Waals surface area (Å²) >= 11 is 12.8. The van der Waals surface area contributed by atoms with Gasteiger partial charge in [0.05, 0.1) is 10.6 Å². The van der Waals surface area contributed by atoms with E-state index in [1.165, 1.54) is 16.7 Å². The lowest BCUT2D eigenvalue weighted by atomic mass is 10.1. The standard InChI is InChI=1S/C28H20ClN3O4S2/c1-16-21(13-25-27(34)32(28(37)38-25)19-9-6-17(29)7-10-19)20-4-2-3-5-22(20)31(16)14-26(33)30-18-8-11-23-24(12-18)36-15-35-23/h2-13H,14-15H2,1H3,(H,30,33)/b25-13+. The maximum atomic E-state index is 13.3. The molecule has 2 amide bonds. The molecule has 3 aromatic carbocycles. The molecule has 38 heavy (non-hydrogen) atoms. The van der Waals surface area contributed by atoms with Gasteiger partial charge in [-0.3, -0.25) is 14.5 Å². The summed E-state index contributed by atoms with van der Waals surface area (Å²) in [6.07, 6.45) is 1.86. The maximum Gasteiger partial charge on any atom is 0.270 e. The highest BCUT2D eigenvalue weighted by molar-refractivity contribution is 8.27. The molecule has 0 saturated carbocycles. The van der Waals surface area contributed by atoms with Crippen molar-refractivity contribution in [2.45, 2.75) is 13.5 Å². The summed E-state index contributed by atoms with van der Waals surface area (Å²) in [4.78, 5) is 28.4. The van der Waals surface area contributed by atoms with Crippen molar-refractivity contribution >= 4 is 80.1 Å². The third-order valence-electron chi connectivity index (χ3n) is 6.39. The van der Waals surface area contributed by atoms with Gasteiger partial charge < -0.3 is 19.4 Å². The number of carbonyl (C=O) groups is 2. The van der Waals surface area contributed by atoms with Crippen molar-refractivity contribution in [3.63, 3.8) is 0 Å². The molecule has 3 heterocycles. The average Bonchev–Trinajstić information content (AvgIpc) is 3.56. The number of thioether (sulfide) groups is 1. The fourth-order valence-corrected chi connectivity index (χ4v) is 5.98. The van der Waals surface area contributed by atoms with Crippen LogP contribution in [-0.4, -0.2) is 27.5 Å². The number of benzene rings is 3. The van der Waals surface area contributed by atoms with Crippen LogP contribution in [0.1, 0.15) is 11.3 Å². The Hall–Kier alpha value is -3.79. The van der Waals surface area contributed by atoms with Gasteiger partial charge in [-0.05, 0) is 55.5 Å². The van der Waals surface area contributed by atoms with Crippen LogP contribution in [0.5, 0.6) is 11.5 Å². The molecular weight excluding hydrogens is 542 g/mol. The Kier molecular flexibility index (Phi) is 6.35. The first-order valence-corrected chi connectivity index (χ1v) is 13.3. The number of rotatable bonds is 5. The van der Waals surface area contributed by atoms with E-state index in [0.717, 1.165) is 22.2 Å². The minimum absolute atomic E-state index is 0.0976. The minimum Gasteiger partial charge on any atom is -0.454 e. The van der Waals surface area contributed by atoms with E-state index in [2.05, 4.69) is 5.32 Å². The van der Waals surface area contributed by atoms with Crippen molar-refractivity contribution in [3.8, 4) is 11.5 Å². The van der Waals surface area contributed by atoms with Gasteiger partial charge in [-0.25, -0.2) is 0 Å². The second kappa shape index (κ2) is 9.83. The van der Waals surface area contributed by atoms with Gasteiger partial charge in [-0.15, -0.1) is 0 Å². The van der Waals surface area contributed by atoms with Gasteiger partial charge in [-0.1, -0.05) is 53.8 Å². The Bertz CT molecular complexity index is 1660. The number of anilines is 2. The predicted molar refractivity (Wildman–Crippen MR) is 155 cm³/mol. The molecule has 1 saturated heterocycles. The van der Waals surface area contributed by atoms with Crippen LogP contribution in [0.25, 0.3) is 17.0 Å². The lowest BCUT2D eigenvalue weighted by molar-refractivity contribution is -0.116. The first-order chi connectivity index (χ1) is 18.4. The van der Waals surface area contributed by atoms with E-state index in [0.29, 0.717) is 37.1 Å². The number of amides is 2. The molecule has 7 nitrogen and oxygen atoms in total. The van der Waals surface area contributed by atoms with E-state index < -0.39 is 0 Å². The Balaban J connectivity index is 1.30. The van der Waals surface area contributed by atoms with Crippen molar-refractivity contribution in [3.05, 3.63) is 87.9 Å². The Morgan fingerprint density at radius 1 is 1.11 bits per heavy atom. The van der Waals surface area contributed by atoms with Crippen LogP contribution < -0.4 is 19.7 Å². The molecule has 10 heteroatoms. The number of para-hydroxylation sites is 1. The monoisotopic (exact) mass is 561 g/mol. The summed E-state index contributed by atoms with van der Waals surface area (Å²) in [7, 11) is 0. The number of hydrogen-bond donors (Lipinski definition) is 1. The zero-order chi connectivity index (χ0) is 26.4. The third kappa shape index (κ3) is 4.42. The van der Waals surface area contributed by atoms with Crippen LogP contribution in [0.4, 0.5) is 11.4 Å². The molecule has 1 aromatic heterocycles. The fourth-order valence-electron chi connectivity index (χ4n) is 4.57. The predicted octanol–water partition coefficient (Wildman–Crippen LogP) is 6.38. The van der Waals surface area contributed by atoms with Gasteiger partial charge in [0, 0.05) is 38.9 Å². The first-order valence-electron chi connectivity index (χ1n) is 11.7. The van der Waals surface area contributed by atoms with Gasteiger partial charge in [0.1, 0.15) is 6.54 Å². The molecule has 0 unspecified atom stereocenters. The van der Waals surface area contributed by atoms with Gasteiger partial charge in [0.2, 0.25) is 12.7 Å². The summed E-state index contributed by atoms with van der Waals surface area (Å²) in [5.41, 5.74) is 3.92. The number of carbonyl (C=O) groups excluding carboxylic acids is 2. The third-order valence-corrected chi connectivity index (χ3v) is 7.95. The number of thiocarbonyl (C=S) groups is 1. The highest BCUT2D eigenvalue weighted by atomic mass is 35.5. The second-order valence-corrected chi connectivity index (χ2v) is 10.8. The smallest absolute Gasteiger partial charge is 0.270 e. The Morgan fingerprint density at radius 3 is 2.68 bits per heavy atom. The summed E-state index contributed by atoms with van der Waals surface area (Å²) in [5.74, 6) is 0.873. The van der Waals surface area contributed by atoms with E-state index in [1.807, 2.05) is 41.8 Å². The molecule has 1 fully saturated rings. The summed E-state index contributed by atoms with van der Waals surface area (Å²) in [6, 6.07) is 20.1. The van der Waals surface area contributed by atoms with E-state index in [9.17, 15) is 9.59 Å². The largest absolute Gasteiger partial charge is 0.454 e. The molecule has 2 aliphatic heterocycles. The van der Waals surface area contributed by atoms with Crippen molar-refractivity contribution in [1.29, 1.82) is 0 Å². The SMILES string of the molecule is Cc1c(/C=C2/SC(=S)N(c3ccc(Cl)cc3)C2=O)c2ccccc2n1CC(=O)Nc1ccc2c(c1)OCO2. The number of nitrogens with one attached hydrogen (secondary N) is 1. The van der Waals surface area contributed by atoms with Crippen LogP contribution in [0.15, 0.2) is 71.6 Å². The molecule has 190 valence electrons. The van der Waals surface area contributed by atoms with Crippen LogP contribution >= 0.6 is 35.6 Å². The first kappa shape index (κ1) is 24.5. The van der Waals surface area contributed by atoms with Gasteiger partial charge in [0.25, 0.3) is 5.91 Å². The fraction of sp³-hybridized carbons (Fsp3) is 0.107. The minimum atomic E-state index is -0.195. The number of nitrogens with zero attached hydrogens (tertiary/aromatic N) is 2. The van der Waals surface area contributed by atoms with E-state index in [-0.39, 0.29) is 25.2 Å². The maximum absolute atomic E-state index is 13.3. The Labute approximate surface area is 233 Å². The van der Waals surface area contributed by atoms with Crippen LogP contribution in [0.3, 0.4) is 0 Å². The van der Waals surface area contributed by atoms with E-state index in [1.54, 1.807) is 42.5 Å². The second-order valence-electron chi connectivity index (χ2n) is 8.71. The van der Waals surface area contributed by atoms with Crippen LogP contribution in [0, 0.1) is 6.92 Å².